The van der Waals surface area contributed by atoms with Crippen molar-refractivity contribution in [2.45, 2.75) is 26.2 Å². The standard InChI is InChI=1S/C11H21NO3/c1-3-15-11(13)12(2)7-4-10-5-8-14-9-6-10/h10H,3-9H2,1-2H3. The Balaban J connectivity index is 2.14. The molecule has 0 spiro atoms. The lowest BCUT2D eigenvalue weighted by Crippen LogP contribution is -2.30. The molecule has 88 valence electrons. The summed E-state index contributed by atoms with van der Waals surface area (Å²) >= 11 is 0. The second-order valence-corrected chi connectivity index (χ2v) is 3.96. The number of hydrogen-bond donors (Lipinski definition) is 0. The van der Waals surface area contributed by atoms with Gasteiger partial charge in [0.05, 0.1) is 6.61 Å². The lowest BCUT2D eigenvalue weighted by atomic mass is 9.96. The smallest absolute Gasteiger partial charge is 0.409 e. The van der Waals surface area contributed by atoms with Gasteiger partial charge in [-0.25, -0.2) is 4.79 Å². The van der Waals surface area contributed by atoms with E-state index in [0.717, 1.165) is 39.0 Å². The number of carbonyl (C=O) groups excluding carboxylic acids is 1. The van der Waals surface area contributed by atoms with E-state index in [1.165, 1.54) is 0 Å². The maximum Gasteiger partial charge on any atom is 0.409 e. The average molecular weight is 215 g/mol. The third-order valence-electron chi connectivity index (χ3n) is 2.79. The van der Waals surface area contributed by atoms with E-state index in [9.17, 15) is 4.79 Å². The zero-order valence-corrected chi connectivity index (χ0v) is 9.70. The SMILES string of the molecule is CCOC(=O)N(C)CCC1CCOCC1. The summed E-state index contributed by atoms with van der Waals surface area (Å²) in [7, 11) is 1.79. The van der Waals surface area contributed by atoms with Crippen LogP contribution in [0.1, 0.15) is 26.2 Å². The fourth-order valence-corrected chi connectivity index (χ4v) is 1.74. The monoisotopic (exact) mass is 215 g/mol. The molecule has 4 nitrogen and oxygen atoms in total. The van der Waals surface area contributed by atoms with E-state index < -0.39 is 0 Å². The molecule has 1 amide bonds. The third-order valence-corrected chi connectivity index (χ3v) is 2.79. The van der Waals surface area contributed by atoms with Crippen LogP contribution in [0.15, 0.2) is 0 Å². The van der Waals surface area contributed by atoms with Gasteiger partial charge in [-0.1, -0.05) is 0 Å². The van der Waals surface area contributed by atoms with Crippen LogP contribution in [0, 0.1) is 5.92 Å². The second kappa shape index (κ2) is 6.67. The Morgan fingerprint density at radius 1 is 1.47 bits per heavy atom. The van der Waals surface area contributed by atoms with Crippen molar-refractivity contribution in [2.75, 3.05) is 33.4 Å². The zero-order chi connectivity index (χ0) is 11.1. The van der Waals surface area contributed by atoms with Gasteiger partial charge in [-0.2, -0.15) is 0 Å². The molecule has 1 saturated heterocycles. The highest BCUT2D eigenvalue weighted by atomic mass is 16.6. The van der Waals surface area contributed by atoms with Gasteiger partial charge in [0, 0.05) is 26.8 Å². The van der Waals surface area contributed by atoms with E-state index in [0.29, 0.717) is 12.5 Å². The molecule has 1 rings (SSSR count). The molecule has 0 aromatic carbocycles. The molecule has 0 aromatic rings. The van der Waals surface area contributed by atoms with Crippen LogP contribution >= 0.6 is 0 Å². The van der Waals surface area contributed by atoms with Gasteiger partial charge in [-0.15, -0.1) is 0 Å². The highest BCUT2D eigenvalue weighted by Gasteiger charge is 2.16. The van der Waals surface area contributed by atoms with Gasteiger partial charge in [-0.05, 0) is 32.1 Å². The third kappa shape index (κ3) is 4.51. The van der Waals surface area contributed by atoms with E-state index in [-0.39, 0.29) is 6.09 Å². The molecule has 0 radical (unpaired) electrons. The first-order chi connectivity index (χ1) is 7.24. The van der Waals surface area contributed by atoms with Crippen molar-refractivity contribution in [3.05, 3.63) is 0 Å². The van der Waals surface area contributed by atoms with E-state index >= 15 is 0 Å². The van der Waals surface area contributed by atoms with Crippen LogP contribution in [0.5, 0.6) is 0 Å². The van der Waals surface area contributed by atoms with Crippen molar-refractivity contribution in [3.63, 3.8) is 0 Å². The Morgan fingerprint density at radius 3 is 2.73 bits per heavy atom. The molecule has 15 heavy (non-hydrogen) atoms. The van der Waals surface area contributed by atoms with Gasteiger partial charge < -0.3 is 14.4 Å². The molecule has 1 aliphatic rings. The van der Waals surface area contributed by atoms with Gasteiger partial charge in [0.15, 0.2) is 0 Å². The summed E-state index contributed by atoms with van der Waals surface area (Å²) in [5.41, 5.74) is 0. The lowest BCUT2D eigenvalue weighted by molar-refractivity contribution is 0.0596. The second-order valence-electron chi connectivity index (χ2n) is 3.96. The molecule has 1 aliphatic heterocycles. The summed E-state index contributed by atoms with van der Waals surface area (Å²) in [6, 6.07) is 0. The Bertz CT molecular complexity index is 190. The predicted molar refractivity (Wildman–Crippen MR) is 57.8 cm³/mol. The summed E-state index contributed by atoms with van der Waals surface area (Å²) < 4.78 is 10.2. The Kier molecular flexibility index (Phi) is 5.47. The topological polar surface area (TPSA) is 38.8 Å². The minimum atomic E-state index is -0.218. The van der Waals surface area contributed by atoms with E-state index in [4.69, 9.17) is 9.47 Å². The fraction of sp³-hybridized carbons (Fsp3) is 0.909. The summed E-state index contributed by atoms with van der Waals surface area (Å²) in [6.45, 7) is 4.79. The molecule has 0 N–H and O–H groups in total. The molecule has 0 aromatic heterocycles. The van der Waals surface area contributed by atoms with Gasteiger partial charge in [-0.3, -0.25) is 0 Å². The van der Waals surface area contributed by atoms with Crippen molar-refractivity contribution in [1.29, 1.82) is 0 Å². The normalized spacial score (nSPS) is 17.5. The van der Waals surface area contributed by atoms with Crippen LogP contribution in [0.4, 0.5) is 4.79 Å². The first-order valence-electron chi connectivity index (χ1n) is 5.69. The Labute approximate surface area is 91.5 Å². The van der Waals surface area contributed by atoms with Crippen molar-refractivity contribution in [1.82, 2.24) is 4.90 Å². The summed E-state index contributed by atoms with van der Waals surface area (Å²) in [5, 5.41) is 0. The zero-order valence-electron chi connectivity index (χ0n) is 9.70. The van der Waals surface area contributed by atoms with Crippen LogP contribution in [0.25, 0.3) is 0 Å². The number of rotatable bonds is 4. The molecule has 0 aliphatic carbocycles. The number of nitrogens with zero attached hydrogens (tertiary/aromatic N) is 1. The lowest BCUT2D eigenvalue weighted by Gasteiger charge is -2.24. The summed E-state index contributed by atoms with van der Waals surface area (Å²) in [6.07, 6.45) is 3.08. The maximum atomic E-state index is 11.3. The number of amides is 1. The number of ether oxygens (including phenoxy) is 2. The van der Waals surface area contributed by atoms with E-state index in [1.807, 2.05) is 6.92 Å². The van der Waals surface area contributed by atoms with Crippen LogP contribution in [0.3, 0.4) is 0 Å². The molecule has 0 saturated carbocycles. The summed E-state index contributed by atoms with van der Waals surface area (Å²) in [5.74, 6) is 0.704. The van der Waals surface area contributed by atoms with Gasteiger partial charge in [0.25, 0.3) is 0 Å². The first-order valence-corrected chi connectivity index (χ1v) is 5.69. The molecule has 1 fully saturated rings. The van der Waals surface area contributed by atoms with Crippen molar-refractivity contribution >= 4 is 6.09 Å². The van der Waals surface area contributed by atoms with Crippen molar-refractivity contribution in [2.24, 2.45) is 5.92 Å². The quantitative estimate of drug-likeness (QED) is 0.719. The largest absolute Gasteiger partial charge is 0.450 e. The summed E-state index contributed by atoms with van der Waals surface area (Å²) in [4.78, 5) is 12.9. The molecular formula is C11H21NO3. The molecule has 0 unspecified atom stereocenters. The minimum absolute atomic E-state index is 0.218. The average Bonchev–Trinajstić information content (AvgIpc) is 2.27. The Morgan fingerprint density at radius 2 is 2.13 bits per heavy atom. The van der Waals surface area contributed by atoms with Crippen LogP contribution in [-0.4, -0.2) is 44.4 Å². The van der Waals surface area contributed by atoms with Gasteiger partial charge in [0.1, 0.15) is 0 Å². The van der Waals surface area contributed by atoms with Crippen molar-refractivity contribution in [3.8, 4) is 0 Å². The molecule has 0 bridgehead atoms. The fourth-order valence-electron chi connectivity index (χ4n) is 1.74. The first kappa shape index (κ1) is 12.3. The van der Waals surface area contributed by atoms with Gasteiger partial charge >= 0.3 is 6.09 Å². The van der Waals surface area contributed by atoms with Gasteiger partial charge in [0.2, 0.25) is 0 Å². The molecule has 4 heteroatoms. The van der Waals surface area contributed by atoms with Crippen LogP contribution < -0.4 is 0 Å². The van der Waals surface area contributed by atoms with E-state index in [1.54, 1.807) is 11.9 Å². The maximum absolute atomic E-state index is 11.3. The highest BCUT2D eigenvalue weighted by Crippen LogP contribution is 2.18. The Hall–Kier alpha value is -0.770. The molecule has 1 heterocycles. The number of carbonyl (C=O) groups is 1. The van der Waals surface area contributed by atoms with Crippen LogP contribution in [0.2, 0.25) is 0 Å². The number of hydrogen-bond acceptors (Lipinski definition) is 3. The molecular weight excluding hydrogens is 194 g/mol. The highest BCUT2D eigenvalue weighted by molar-refractivity contribution is 5.67. The minimum Gasteiger partial charge on any atom is -0.450 e. The predicted octanol–water partition coefficient (Wildman–Crippen LogP) is 1.89. The van der Waals surface area contributed by atoms with Crippen molar-refractivity contribution < 1.29 is 14.3 Å². The van der Waals surface area contributed by atoms with E-state index in [2.05, 4.69) is 0 Å². The van der Waals surface area contributed by atoms with Crippen LogP contribution in [-0.2, 0) is 9.47 Å². The molecule has 0 atom stereocenters.